The highest BCUT2D eigenvalue weighted by Crippen LogP contribution is 2.27. The van der Waals surface area contributed by atoms with Crippen molar-refractivity contribution in [1.82, 2.24) is 15.1 Å². The summed E-state index contributed by atoms with van der Waals surface area (Å²) in [5.41, 5.74) is 1.47. The van der Waals surface area contributed by atoms with Gasteiger partial charge in [0.2, 0.25) is 0 Å². The van der Waals surface area contributed by atoms with Crippen LogP contribution >= 0.6 is 0 Å². The molecule has 1 fully saturated rings. The lowest BCUT2D eigenvalue weighted by Crippen LogP contribution is -2.36. The van der Waals surface area contributed by atoms with Gasteiger partial charge in [0.1, 0.15) is 0 Å². The molecule has 2 rings (SSSR count). The third-order valence-electron chi connectivity index (χ3n) is 3.88. The van der Waals surface area contributed by atoms with E-state index in [-0.39, 0.29) is 5.54 Å². The van der Waals surface area contributed by atoms with Crippen LogP contribution in [-0.4, -0.2) is 21.9 Å². The highest BCUT2D eigenvalue weighted by Gasteiger charge is 2.15. The molecule has 1 saturated carbocycles. The van der Waals surface area contributed by atoms with E-state index in [0.717, 1.165) is 13.0 Å². The first kappa shape index (κ1) is 14.6. The molecule has 1 heterocycles. The van der Waals surface area contributed by atoms with Crippen LogP contribution < -0.4 is 5.32 Å². The molecule has 0 bridgehead atoms. The predicted octanol–water partition coefficient (Wildman–Crippen LogP) is 3.71. The molecule has 19 heavy (non-hydrogen) atoms. The number of hydrogen-bond acceptors (Lipinski definition) is 2. The monoisotopic (exact) mass is 263 g/mol. The molecule has 108 valence electrons. The van der Waals surface area contributed by atoms with Gasteiger partial charge in [0.25, 0.3) is 0 Å². The van der Waals surface area contributed by atoms with Crippen LogP contribution in [0.5, 0.6) is 0 Å². The number of rotatable bonds is 5. The fraction of sp³-hybridized carbons (Fsp3) is 0.812. The highest BCUT2D eigenvalue weighted by molar-refractivity contribution is 5.00. The molecule has 1 aliphatic rings. The summed E-state index contributed by atoms with van der Waals surface area (Å²) in [6, 6.07) is 2.86. The SMILES string of the molecule is CC(C)(C)NCCCc1ccn(C2CCCCC2)n1. The van der Waals surface area contributed by atoms with Crippen LogP contribution in [0.1, 0.15) is 71.0 Å². The van der Waals surface area contributed by atoms with E-state index < -0.39 is 0 Å². The molecule has 0 unspecified atom stereocenters. The van der Waals surface area contributed by atoms with Crippen molar-refractivity contribution in [2.45, 2.75) is 77.3 Å². The van der Waals surface area contributed by atoms with E-state index in [9.17, 15) is 0 Å². The Labute approximate surface area is 117 Å². The second-order valence-corrected chi connectivity index (χ2v) is 6.86. The average Bonchev–Trinajstić information content (AvgIpc) is 2.83. The Bertz CT molecular complexity index is 370. The first-order valence-corrected chi connectivity index (χ1v) is 7.84. The summed E-state index contributed by atoms with van der Waals surface area (Å²) >= 11 is 0. The lowest BCUT2D eigenvalue weighted by molar-refractivity contribution is 0.328. The van der Waals surface area contributed by atoms with E-state index in [2.05, 4.69) is 43.0 Å². The fourth-order valence-electron chi connectivity index (χ4n) is 2.79. The first-order chi connectivity index (χ1) is 9.04. The molecule has 0 spiro atoms. The van der Waals surface area contributed by atoms with Crippen LogP contribution in [0.15, 0.2) is 12.3 Å². The van der Waals surface area contributed by atoms with Crippen molar-refractivity contribution in [3.63, 3.8) is 0 Å². The minimum absolute atomic E-state index is 0.224. The third-order valence-corrected chi connectivity index (χ3v) is 3.88. The van der Waals surface area contributed by atoms with Crippen LogP contribution in [0.3, 0.4) is 0 Å². The Morgan fingerprint density at radius 3 is 2.68 bits per heavy atom. The molecule has 1 aliphatic carbocycles. The van der Waals surface area contributed by atoms with Crippen LogP contribution in [0, 0.1) is 0 Å². The van der Waals surface area contributed by atoms with Crippen molar-refractivity contribution in [3.05, 3.63) is 18.0 Å². The number of aryl methyl sites for hydroxylation is 1. The van der Waals surface area contributed by atoms with Gasteiger partial charge in [0.15, 0.2) is 0 Å². The topological polar surface area (TPSA) is 29.9 Å². The van der Waals surface area contributed by atoms with E-state index >= 15 is 0 Å². The summed E-state index contributed by atoms with van der Waals surface area (Å²) in [4.78, 5) is 0. The van der Waals surface area contributed by atoms with Gasteiger partial charge < -0.3 is 5.32 Å². The normalized spacial score (nSPS) is 17.8. The fourth-order valence-corrected chi connectivity index (χ4v) is 2.79. The van der Waals surface area contributed by atoms with Gasteiger partial charge in [-0.15, -0.1) is 0 Å². The van der Waals surface area contributed by atoms with Gasteiger partial charge in [0.05, 0.1) is 11.7 Å². The van der Waals surface area contributed by atoms with Crippen molar-refractivity contribution >= 4 is 0 Å². The first-order valence-electron chi connectivity index (χ1n) is 7.84. The quantitative estimate of drug-likeness (QED) is 0.821. The third kappa shape index (κ3) is 4.98. The van der Waals surface area contributed by atoms with Crippen molar-refractivity contribution in [3.8, 4) is 0 Å². The predicted molar refractivity (Wildman–Crippen MR) is 80.4 cm³/mol. The minimum atomic E-state index is 0.224. The van der Waals surface area contributed by atoms with Crippen molar-refractivity contribution in [1.29, 1.82) is 0 Å². The largest absolute Gasteiger partial charge is 0.312 e. The maximum absolute atomic E-state index is 4.76. The summed E-state index contributed by atoms with van der Waals surface area (Å²) < 4.78 is 2.21. The highest BCUT2D eigenvalue weighted by atomic mass is 15.3. The van der Waals surface area contributed by atoms with Crippen LogP contribution in [0.25, 0.3) is 0 Å². The number of aromatic nitrogens is 2. The average molecular weight is 263 g/mol. The molecule has 0 saturated heterocycles. The van der Waals surface area contributed by atoms with Crippen molar-refractivity contribution in [2.75, 3.05) is 6.54 Å². The molecule has 0 aliphatic heterocycles. The Kier molecular flexibility index (Phi) is 5.03. The summed E-state index contributed by atoms with van der Waals surface area (Å²) in [5.74, 6) is 0. The Balaban J connectivity index is 1.74. The molecular weight excluding hydrogens is 234 g/mol. The van der Waals surface area contributed by atoms with Crippen molar-refractivity contribution in [2.24, 2.45) is 0 Å². The number of nitrogens with zero attached hydrogens (tertiary/aromatic N) is 2. The molecule has 3 nitrogen and oxygen atoms in total. The van der Waals surface area contributed by atoms with Gasteiger partial charge in [-0.1, -0.05) is 19.3 Å². The maximum atomic E-state index is 4.76. The molecule has 0 amide bonds. The van der Waals surface area contributed by atoms with E-state index in [4.69, 9.17) is 5.10 Å². The second kappa shape index (κ2) is 6.56. The second-order valence-electron chi connectivity index (χ2n) is 6.86. The molecule has 1 aromatic heterocycles. The molecule has 3 heteroatoms. The van der Waals surface area contributed by atoms with E-state index in [0.29, 0.717) is 6.04 Å². The number of hydrogen-bond donors (Lipinski definition) is 1. The Hall–Kier alpha value is -0.830. The van der Waals surface area contributed by atoms with Gasteiger partial charge in [0, 0.05) is 11.7 Å². The Morgan fingerprint density at radius 2 is 2.00 bits per heavy atom. The summed E-state index contributed by atoms with van der Waals surface area (Å²) in [6.07, 6.45) is 11.2. The Morgan fingerprint density at radius 1 is 1.26 bits per heavy atom. The van der Waals surface area contributed by atoms with E-state index in [1.165, 1.54) is 44.2 Å². The molecule has 0 radical (unpaired) electrons. The zero-order chi connectivity index (χ0) is 13.7. The standard InChI is InChI=1S/C16H29N3/c1-16(2,3)17-12-7-8-14-11-13-19(18-14)15-9-5-4-6-10-15/h11,13,15,17H,4-10,12H2,1-3H3. The van der Waals surface area contributed by atoms with Gasteiger partial charge in [-0.3, -0.25) is 4.68 Å². The minimum Gasteiger partial charge on any atom is -0.312 e. The van der Waals surface area contributed by atoms with Gasteiger partial charge in [-0.2, -0.15) is 5.10 Å². The molecular formula is C16H29N3. The molecule has 1 aromatic rings. The molecule has 0 atom stereocenters. The molecule has 0 aromatic carbocycles. The number of nitrogens with one attached hydrogen (secondary N) is 1. The van der Waals surface area contributed by atoms with Gasteiger partial charge in [-0.25, -0.2) is 0 Å². The van der Waals surface area contributed by atoms with Crippen molar-refractivity contribution < 1.29 is 0 Å². The summed E-state index contributed by atoms with van der Waals surface area (Å²) in [6.45, 7) is 7.71. The van der Waals surface area contributed by atoms with Crippen LogP contribution in [0.2, 0.25) is 0 Å². The molecule has 1 N–H and O–H groups in total. The van der Waals surface area contributed by atoms with E-state index in [1.807, 2.05) is 0 Å². The smallest absolute Gasteiger partial charge is 0.0625 e. The lowest BCUT2D eigenvalue weighted by atomic mass is 9.96. The summed E-state index contributed by atoms with van der Waals surface area (Å²) in [7, 11) is 0. The summed E-state index contributed by atoms with van der Waals surface area (Å²) in [5, 5.41) is 8.28. The maximum Gasteiger partial charge on any atom is 0.0625 e. The van der Waals surface area contributed by atoms with Crippen LogP contribution in [0.4, 0.5) is 0 Å². The lowest BCUT2D eigenvalue weighted by Gasteiger charge is -2.21. The van der Waals surface area contributed by atoms with Gasteiger partial charge in [-0.05, 0) is 59.1 Å². The zero-order valence-electron chi connectivity index (χ0n) is 12.8. The van der Waals surface area contributed by atoms with E-state index in [1.54, 1.807) is 0 Å². The zero-order valence-corrected chi connectivity index (χ0v) is 12.8. The van der Waals surface area contributed by atoms with Gasteiger partial charge >= 0.3 is 0 Å². The van der Waals surface area contributed by atoms with Crippen LogP contribution in [-0.2, 0) is 6.42 Å².